The van der Waals surface area contributed by atoms with Crippen LogP contribution in [-0.2, 0) is 31.4 Å². The number of ether oxygens (including phenoxy) is 2. The zero-order valence-corrected chi connectivity index (χ0v) is 36.9. The van der Waals surface area contributed by atoms with E-state index in [-0.39, 0.29) is 60.6 Å². The Hall–Kier alpha value is -4.39. The van der Waals surface area contributed by atoms with Crippen molar-refractivity contribution in [2.75, 3.05) is 67.6 Å². The molecule has 348 valence electrons. The second kappa shape index (κ2) is 21.5. The molecule has 7 heterocycles. The third-order valence-corrected chi connectivity index (χ3v) is 11.8. The van der Waals surface area contributed by atoms with Gasteiger partial charge < -0.3 is 40.1 Å². The van der Waals surface area contributed by atoms with Gasteiger partial charge in [0.05, 0.1) is 49.9 Å². The molecule has 0 spiro atoms. The van der Waals surface area contributed by atoms with E-state index in [0.717, 1.165) is 37.6 Å². The maximum Gasteiger partial charge on any atom is 0.434 e. The summed E-state index contributed by atoms with van der Waals surface area (Å²) in [6.07, 6.45) is -0.589. The number of hydrogen-bond acceptors (Lipinski definition) is 14. The number of rotatable bonds is 12. The Morgan fingerprint density at radius 1 is 0.714 bits per heavy atom. The van der Waals surface area contributed by atoms with Gasteiger partial charge in [-0.25, -0.2) is 25.0 Å². The highest BCUT2D eigenvalue weighted by atomic mass is 79.9. The fourth-order valence-electron chi connectivity index (χ4n) is 7.78. The molecule has 2 amide bonds. The third kappa shape index (κ3) is 12.9. The predicted octanol–water partition coefficient (Wildman–Crippen LogP) is 4.28. The molecule has 3 aromatic rings. The highest BCUT2D eigenvalue weighted by Crippen LogP contribution is 2.31. The van der Waals surface area contributed by atoms with Crippen LogP contribution in [-0.4, -0.2) is 141 Å². The van der Waals surface area contributed by atoms with E-state index in [1.807, 2.05) is 33.4 Å². The fraction of sp³-hybridized carbons (Fsp3) is 0.632. The van der Waals surface area contributed by atoms with Gasteiger partial charge in [-0.2, -0.15) is 31.4 Å². The fourth-order valence-corrected chi connectivity index (χ4v) is 8.08. The Morgan fingerprint density at radius 3 is 1.56 bits per heavy atom. The standard InChI is InChI=1S/C21H25BrF3N7O3.C17H24F3N5O2.ClH/c1-12(29-14-8-28-30-19(33)18(14)22)11-35-15-4-7-32(20(15)34)13-2-5-31(6-3-13)17-10-26-16(9-27-17)21(23,24)25;1-11(21)10-27-13-4-7-25(16(13)26)12-2-5-24(6-3-12)15-9-22-14(8-23-15)17(18,19)20;/h8-10,12-13,15H,2-7,11H2,1H3,(H2,29,30,33);8-9,11-13H,2-7,10,21H2,1H3;1H/t12-,15?;11-,13?;/m00./s1. The number of hydrogen-bond donors (Lipinski definition) is 3. The summed E-state index contributed by atoms with van der Waals surface area (Å²) >= 11 is 3.21. The minimum Gasteiger partial charge on any atom is -0.378 e. The smallest absolute Gasteiger partial charge is 0.378 e. The second-order valence-corrected chi connectivity index (χ2v) is 16.5. The summed E-state index contributed by atoms with van der Waals surface area (Å²) in [5, 5.41) is 9.23. The molecule has 0 bridgehead atoms. The van der Waals surface area contributed by atoms with Crippen LogP contribution in [0.5, 0.6) is 0 Å². The Bertz CT molecular complexity index is 2020. The van der Waals surface area contributed by atoms with Crippen molar-refractivity contribution in [1.82, 2.24) is 39.9 Å². The van der Waals surface area contributed by atoms with Crippen molar-refractivity contribution in [3.05, 3.63) is 57.2 Å². The molecule has 0 aliphatic carbocycles. The number of nitrogens with one attached hydrogen (secondary N) is 2. The van der Waals surface area contributed by atoms with Crippen LogP contribution in [0.4, 0.5) is 43.7 Å². The average Bonchev–Trinajstić information content (AvgIpc) is 3.81. The molecule has 4 aliphatic rings. The number of amides is 2. The normalized spacial score (nSPS) is 21.2. The Kier molecular flexibility index (Phi) is 17.0. The van der Waals surface area contributed by atoms with Gasteiger partial charge in [-0.05, 0) is 55.5 Å². The number of H-pyrrole nitrogens is 1. The molecular formula is C38H50BrClF6N12O5. The van der Waals surface area contributed by atoms with Gasteiger partial charge in [0.25, 0.3) is 17.4 Å². The number of aromatic amines is 1. The van der Waals surface area contributed by atoms with E-state index in [1.165, 1.54) is 6.20 Å². The molecular weight excluding hydrogens is 934 g/mol. The van der Waals surface area contributed by atoms with Crippen molar-refractivity contribution >= 4 is 57.5 Å². The number of aromatic nitrogens is 6. The number of alkyl halides is 6. The highest BCUT2D eigenvalue weighted by Gasteiger charge is 2.40. The van der Waals surface area contributed by atoms with Crippen LogP contribution in [0.15, 0.2) is 40.3 Å². The minimum atomic E-state index is -4.52. The van der Waals surface area contributed by atoms with Crippen LogP contribution < -0.4 is 26.4 Å². The minimum absolute atomic E-state index is 0. The summed E-state index contributed by atoms with van der Waals surface area (Å²) in [7, 11) is 0. The largest absolute Gasteiger partial charge is 0.434 e. The van der Waals surface area contributed by atoms with E-state index in [2.05, 4.69) is 51.4 Å². The number of anilines is 3. The maximum absolute atomic E-state index is 12.9. The van der Waals surface area contributed by atoms with Crippen molar-refractivity contribution < 1.29 is 45.4 Å². The predicted molar refractivity (Wildman–Crippen MR) is 223 cm³/mol. The number of nitrogens with two attached hydrogens (primary N) is 1. The molecule has 7 rings (SSSR count). The van der Waals surface area contributed by atoms with Gasteiger partial charge in [0.1, 0.15) is 28.3 Å². The SMILES string of the molecule is C[C@@H](COC1CCN(C2CCN(c3cnc(C(F)(F)F)cn3)CC2)C1=O)Nc1cn[nH]c(=O)c1Br.C[C@H](N)COC1CCN(C2CCN(c3cnc(C(F)(F)F)cn3)CC2)C1=O.Cl. The van der Waals surface area contributed by atoms with Crippen LogP contribution in [0, 0.1) is 0 Å². The van der Waals surface area contributed by atoms with E-state index in [0.29, 0.717) is 93.4 Å². The Morgan fingerprint density at radius 2 is 1.16 bits per heavy atom. The number of piperidine rings is 2. The Labute approximate surface area is 373 Å². The molecule has 4 atom stereocenters. The molecule has 4 fully saturated rings. The summed E-state index contributed by atoms with van der Waals surface area (Å²) < 4.78 is 87.6. The number of nitrogens with zero attached hydrogens (tertiary/aromatic N) is 9. The zero-order chi connectivity index (χ0) is 44.8. The third-order valence-electron chi connectivity index (χ3n) is 11.0. The van der Waals surface area contributed by atoms with Crippen molar-refractivity contribution in [2.24, 2.45) is 5.73 Å². The molecule has 3 aromatic heterocycles. The van der Waals surface area contributed by atoms with Gasteiger partial charge >= 0.3 is 12.4 Å². The van der Waals surface area contributed by atoms with E-state index < -0.39 is 35.9 Å². The summed E-state index contributed by atoms with van der Waals surface area (Å²) in [5.74, 6) is 0.772. The second-order valence-electron chi connectivity index (χ2n) is 15.7. The molecule has 4 aliphatic heterocycles. The molecule has 2 unspecified atom stereocenters. The Balaban J connectivity index is 0.000000242. The lowest BCUT2D eigenvalue weighted by Crippen LogP contribution is -2.47. The van der Waals surface area contributed by atoms with E-state index >= 15 is 0 Å². The number of carbonyl (C=O) groups is 2. The molecule has 0 aromatic carbocycles. The average molecular weight is 984 g/mol. The van der Waals surface area contributed by atoms with Crippen molar-refractivity contribution in [1.29, 1.82) is 0 Å². The van der Waals surface area contributed by atoms with Gasteiger partial charge in [0.2, 0.25) is 0 Å². The van der Waals surface area contributed by atoms with Gasteiger partial charge in [-0.1, -0.05) is 0 Å². The van der Waals surface area contributed by atoms with Crippen molar-refractivity contribution in [2.45, 2.75) is 101 Å². The molecule has 4 N–H and O–H groups in total. The summed E-state index contributed by atoms with van der Waals surface area (Å²) in [6.45, 7) is 7.96. The first-order valence-corrected chi connectivity index (χ1v) is 21.1. The van der Waals surface area contributed by atoms with Gasteiger partial charge in [-0.15, -0.1) is 12.4 Å². The monoisotopic (exact) mass is 982 g/mol. The maximum atomic E-state index is 12.9. The molecule has 25 heteroatoms. The van der Waals surface area contributed by atoms with Gasteiger partial charge in [0.15, 0.2) is 11.4 Å². The molecule has 17 nitrogen and oxygen atoms in total. The first kappa shape index (κ1) is 49.6. The van der Waals surface area contributed by atoms with E-state index in [9.17, 15) is 40.7 Å². The topological polar surface area (TPSA) is 201 Å². The van der Waals surface area contributed by atoms with Crippen LogP contribution in [0.2, 0.25) is 0 Å². The lowest BCUT2D eigenvalue weighted by molar-refractivity contribution is -0.142. The molecule has 0 saturated carbocycles. The summed E-state index contributed by atoms with van der Waals surface area (Å²) in [5.41, 5.74) is 3.84. The zero-order valence-electron chi connectivity index (χ0n) is 34.4. The number of halogens is 8. The van der Waals surface area contributed by atoms with Crippen LogP contribution in [0.3, 0.4) is 0 Å². The lowest BCUT2D eigenvalue weighted by atomic mass is 10.0. The van der Waals surface area contributed by atoms with Crippen molar-refractivity contribution in [3.63, 3.8) is 0 Å². The number of likely N-dealkylation sites (tertiary alicyclic amines) is 2. The molecule has 4 saturated heterocycles. The van der Waals surface area contributed by atoms with Crippen molar-refractivity contribution in [3.8, 4) is 0 Å². The van der Waals surface area contributed by atoms with Crippen LogP contribution >= 0.6 is 28.3 Å². The van der Waals surface area contributed by atoms with Crippen LogP contribution in [0.1, 0.15) is 63.8 Å². The number of carbonyl (C=O) groups excluding carboxylic acids is 2. The quantitative estimate of drug-likeness (QED) is 0.217. The van der Waals surface area contributed by atoms with E-state index in [4.69, 9.17) is 15.2 Å². The van der Waals surface area contributed by atoms with Gasteiger partial charge in [0, 0.05) is 76.3 Å². The first-order valence-electron chi connectivity index (χ1n) is 20.3. The summed E-state index contributed by atoms with van der Waals surface area (Å²) in [4.78, 5) is 59.3. The van der Waals surface area contributed by atoms with E-state index in [1.54, 1.807) is 0 Å². The first-order chi connectivity index (χ1) is 29.4. The summed E-state index contributed by atoms with van der Waals surface area (Å²) in [6, 6.07) is -0.117. The van der Waals surface area contributed by atoms with Crippen LogP contribution in [0.25, 0.3) is 0 Å². The molecule has 0 radical (unpaired) electrons. The van der Waals surface area contributed by atoms with Gasteiger partial charge in [-0.3, -0.25) is 14.4 Å². The molecule has 63 heavy (non-hydrogen) atoms. The highest BCUT2D eigenvalue weighted by molar-refractivity contribution is 9.10. The lowest BCUT2D eigenvalue weighted by Gasteiger charge is -2.37.